The van der Waals surface area contributed by atoms with Gasteiger partial charge in [-0.1, -0.05) is 66.7 Å². The summed E-state index contributed by atoms with van der Waals surface area (Å²) < 4.78 is 13.9. The maximum atomic E-state index is 13.9. The van der Waals surface area contributed by atoms with Crippen molar-refractivity contribution >= 4 is 28.5 Å². The number of likely N-dealkylation sites (tertiary alicyclic amines) is 1. The molecular weight excluding hydrogens is 541 g/mol. The second-order valence-corrected chi connectivity index (χ2v) is 11.4. The number of aryl methyl sites for hydroxylation is 2. The van der Waals surface area contributed by atoms with Gasteiger partial charge in [-0.15, -0.1) is 0 Å². The zero-order chi connectivity index (χ0) is 29.8. The number of alkyl halides is 1. The Labute approximate surface area is 250 Å². The lowest BCUT2D eigenvalue weighted by atomic mass is 9.98. The Bertz CT molecular complexity index is 1720. The summed E-state index contributed by atoms with van der Waals surface area (Å²) in [6.45, 7) is 1.41. The average molecular weight is 576 g/mol. The summed E-state index contributed by atoms with van der Waals surface area (Å²) in [6.07, 6.45) is 7.60. The predicted octanol–water partition coefficient (Wildman–Crippen LogP) is 6.74. The van der Waals surface area contributed by atoms with E-state index in [1.807, 2.05) is 71.6 Å². The molecule has 1 aromatic heterocycles. The number of hydrogen-bond acceptors (Lipinski definition) is 4. The summed E-state index contributed by atoms with van der Waals surface area (Å²) in [4.78, 5) is 36.5. The maximum Gasteiger partial charge on any atom is 0.307 e. The molecular formula is C36H34FN3O3. The molecule has 1 amide bonds. The lowest BCUT2D eigenvalue weighted by Crippen LogP contribution is -2.28. The van der Waals surface area contributed by atoms with Crippen molar-refractivity contribution in [2.75, 3.05) is 13.1 Å². The van der Waals surface area contributed by atoms with Crippen LogP contribution in [-0.2, 0) is 24.1 Å². The molecule has 0 spiro atoms. The number of rotatable bonds is 9. The Balaban J connectivity index is 1.24. The van der Waals surface area contributed by atoms with Crippen molar-refractivity contribution in [2.45, 2.75) is 50.6 Å². The number of aromatic nitrogens is 2. The standard InChI is InChI=1S/C36H34FN3O3/c37-30-15-12-27(13-16-30)35-32(11-5-7-24-6-4-8-25(20-24)21-34(41)42)38-33-22-28(14-17-31(33)39-35)36(43)40-19-18-29(23-40)26-9-2-1-3-10-26/h1-4,6,8-10,12-15,17,20,22,29-30H,5,7,11,16,18-19,21,23H2,(H,41,42)/t29-,30?/m1/s1. The van der Waals surface area contributed by atoms with E-state index in [-0.39, 0.29) is 12.3 Å². The van der Waals surface area contributed by atoms with Crippen molar-refractivity contribution in [2.24, 2.45) is 0 Å². The fourth-order valence-corrected chi connectivity index (χ4v) is 6.05. The van der Waals surface area contributed by atoms with Crippen molar-refractivity contribution in [1.82, 2.24) is 14.9 Å². The number of carboxylic acid groups (broad SMARTS) is 1. The van der Waals surface area contributed by atoms with E-state index in [1.54, 1.807) is 12.2 Å². The zero-order valence-corrected chi connectivity index (χ0v) is 24.0. The smallest absolute Gasteiger partial charge is 0.307 e. The summed E-state index contributed by atoms with van der Waals surface area (Å²) in [5, 5.41) is 9.14. The maximum absolute atomic E-state index is 13.9. The SMILES string of the molecule is O=C(O)Cc1cccc(CCCc2nc3cc(C(=O)N4CC[C@@H](c5ccccc5)C4)ccc3nc2C2=CCC(F)C=C2)c1. The van der Waals surface area contributed by atoms with Gasteiger partial charge in [0.05, 0.1) is 28.8 Å². The second-order valence-electron chi connectivity index (χ2n) is 11.4. The molecule has 1 unspecified atom stereocenters. The van der Waals surface area contributed by atoms with Crippen LogP contribution >= 0.6 is 0 Å². The van der Waals surface area contributed by atoms with Gasteiger partial charge in [-0.3, -0.25) is 9.59 Å². The highest BCUT2D eigenvalue weighted by molar-refractivity contribution is 5.97. The highest BCUT2D eigenvalue weighted by atomic mass is 19.1. The van der Waals surface area contributed by atoms with Crippen molar-refractivity contribution in [3.63, 3.8) is 0 Å². The first-order chi connectivity index (χ1) is 20.9. The lowest BCUT2D eigenvalue weighted by molar-refractivity contribution is -0.136. The Morgan fingerprint density at radius 2 is 1.77 bits per heavy atom. The van der Waals surface area contributed by atoms with Gasteiger partial charge in [0, 0.05) is 31.0 Å². The number of benzene rings is 3. The van der Waals surface area contributed by atoms with Gasteiger partial charge in [0.15, 0.2) is 0 Å². The summed E-state index contributed by atoms with van der Waals surface area (Å²) in [7, 11) is 0. The number of halogens is 1. The number of aliphatic carboxylic acids is 1. The molecule has 0 radical (unpaired) electrons. The molecule has 1 saturated heterocycles. The van der Waals surface area contributed by atoms with E-state index in [2.05, 4.69) is 12.1 Å². The van der Waals surface area contributed by atoms with Crippen LogP contribution in [0.5, 0.6) is 0 Å². The molecule has 0 bridgehead atoms. The molecule has 43 heavy (non-hydrogen) atoms. The van der Waals surface area contributed by atoms with Gasteiger partial charge in [0.2, 0.25) is 0 Å². The topological polar surface area (TPSA) is 83.4 Å². The second kappa shape index (κ2) is 12.7. The minimum Gasteiger partial charge on any atom is -0.481 e. The zero-order valence-electron chi connectivity index (χ0n) is 24.0. The molecule has 218 valence electrons. The van der Waals surface area contributed by atoms with Gasteiger partial charge >= 0.3 is 5.97 Å². The molecule has 7 heteroatoms. The summed E-state index contributed by atoms with van der Waals surface area (Å²) in [6, 6.07) is 23.5. The van der Waals surface area contributed by atoms with Crippen LogP contribution in [0.2, 0.25) is 0 Å². The summed E-state index contributed by atoms with van der Waals surface area (Å²) in [5.41, 5.74) is 7.45. The summed E-state index contributed by atoms with van der Waals surface area (Å²) >= 11 is 0. The Hall–Kier alpha value is -4.65. The number of carbonyl (C=O) groups is 2. The molecule has 2 aliphatic rings. The van der Waals surface area contributed by atoms with Crippen LogP contribution in [-0.4, -0.2) is 51.1 Å². The monoisotopic (exact) mass is 575 g/mol. The Morgan fingerprint density at radius 3 is 2.56 bits per heavy atom. The first-order valence-corrected chi connectivity index (χ1v) is 14.9. The van der Waals surface area contributed by atoms with Crippen LogP contribution in [0.1, 0.15) is 63.6 Å². The molecule has 1 aliphatic carbocycles. The molecule has 6 rings (SSSR count). The van der Waals surface area contributed by atoms with Crippen LogP contribution < -0.4 is 0 Å². The van der Waals surface area contributed by atoms with E-state index in [9.17, 15) is 14.0 Å². The van der Waals surface area contributed by atoms with Gasteiger partial charge in [-0.2, -0.15) is 0 Å². The molecule has 2 atom stereocenters. The number of carbonyl (C=O) groups excluding carboxylic acids is 1. The van der Waals surface area contributed by atoms with Crippen molar-refractivity contribution in [1.29, 1.82) is 0 Å². The van der Waals surface area contributed by atoms with E-state index < -0.39 is 12.1 Å². The highest BCUT2D eigenvalue weighted by Crippen LogP contribution is 2.30. The fourth-order valence-electron chi connectivity index (χ4n) is 6.05. The van der Waals surface area contributed by atoms with E-state index in [0.29, 0.717) is 41.9 Å². The minimum absolute atomic E-state index is 0.000843. The Kier molecular flexibility index (Phi) is 8.40. The van der Waals surface area contributed by atoms with Crippen molar-refractivity contribution in [3.8, 4) is 0 Å². The average Bonchev–Trinajstić information content (AvgIpc) is 3.51. The normalized spacial score (nSPS) is 18.2. The van der Waals surface area contributed by atoms with Gasteiger partial charge in [-0.05, 0) is 72.2 Å². The highest BCUT2D eigenvalue weighted by Gasteiger charge is 2.28. The quantitative estimate of drug-likeness (QED) is 0.239. The van der Waals surface area contributed by atoms with Crippen molar-refractivity contribution < 1.29 is 19.1 Å². The van der Waals surface area contributed by atoms with E-state index in [4.69, 9.17) is 15.1 Å². The van der Waals surface area contributed by atoms with E-state index in [1.165, 1.54) is 5.56 Å². The first kappa shape index (κ1) is 28.5. The number of carboxylic acids is 1. The minimum atomic E-state index is -1.00. The third-order valence-electron chi connectivity index (χ3n) is 8.28. The molecule has 2 heterocycles. The van der Waals surface area contributed by atoms with Crippen LogP contribution in [0.25, 0.3) is 16.6 Å². The third kappa shape index (κ3) is 6.72. The first-order valence-electron chi connectivity index (χ1n) is 14.9. The lowest BCUT2D eigenvalue weighted by Gasteiger charge is -2.18. The van der Waals surface area contributed by atoms with Gasteiger partial charge in [-0.25, -0.2) is 14.4 Å². The van der Waals surface area contributed by atoms with Crippen LogP contribution in [0, 0.1) is 0 Å². The van der Waals surface area contributed by atoms with Gasteiger partial charge in [0.1, 0.15) is 6.17 Å². The Morgan fingerprint density at radius 1 is 0.930 bits per heavy atom. The number of amides is 1. The molecule has 6 nitrogen and oxygen atoms in total. The largest absolute Gasteiger partial charge is 0.481 e. The molecule has 3 aromatic carbocycles. The number of allylic oxidation sites excluding steroid dienone is 4. The fraction of sp³-hybridized carbons (Fsp3) is 0.278. The van der Waals surface area contributed by atoms with Crippen molar-refractivity contribution in [3.05, 3.63) is 125 Å². The molecule has 1 N–H and O–H groups in total. The van der Waals surface area contributed by atoms with Crippen LogP contribution in [0.4, 0.5) is 4.39 Å². The van der Waals surface area contributed by atoms with E-state index in [0.717, 1.165) is 53.9 Å². The number of fused-ring (bicyclic) bond motifs is 1. The molecule has 4 aromatic rings. The van der Waals surface area contributed by atoms with Crippen LogP contribution in [0.3, 0.4) is 0 Å². The number of hydrogen-bond donors (Lipinski definition) is 1. The molecule has 1 fully saturated rings. The predicted molar refractivity (Wildman–Crippen MR) is 166 cm³/mol. The van der Waals surface area contributed by atoms with Crippen LogP contribution in [0.15, 0.2) is 91.0 Å². The van der Waals surface area contributed by atoms with E-state index >= 15 is 0 Å². The van der Waals surface area contributed by atoms with Gasteiger partial charge < -0.3 is 10.0 Å². The number of nitrogens with zero attached hydrogens (tertiary/aromatic N) is 3. The molecule has 0 saturated carbocycles. The third-order valence-corrected chi connectivity index (χ3v) is 8.28. The van der Waals surface area contributed by atoms with Gasteiger partial charge in [0.25, 0.3) is 5.91 Å². The summed E-state index contributed by atoms with van der Waals surface area (Å²) in [5.74, 6) is -0.512. The molecule has 1 aliphatic heterocycles.